The van der Waals surface area contributed by atoms with Crippen LogP contribution in [0.1, 0.15) is 83.6 Å². The molecule has 0 heterocycles. The van der Waals surface area contributed by atoms with Crippen LogP contribution in [0.25, 0.3) is 0 Å². The zero-order chi connectivity index (χ0) is 23.4. The first kappa shape index (κ1) is 22.8. The number of allylic oxidation sites excluding steroid dienone is 4. The molecule has 6 atom stereocenters. The Morgan fingerprint density at radius 3 is 2.55 bits per heavy atom. The maximum Gasteiger partial charge on any atom is 0.0683 e. The van der Waals surface area contributed by atoms with E-state index >= 15 is 0 Å². The van der Waals surface area contributed by atoms with E-state index in [0.717, 1.165) is 12.8 Å². The zero-order valence-corrected chi connectivity index (χ0v) is 21.2. The summed E-state index contributed by atoms with van der Waals surface area (Å²) in [5.41, 5.74) is 7.56. The number of rotatable bonds is 3. The van der Waals surface area contributed by atoms with Gasteiger partial charge >= 0.3 is 0 Å². The van der Waals surface area contributed by atoms with Crippen molar-refractivity contribution in [3.05, 3.63) is 52.6 Å². The first-order chi connectivity index (χ1) is 15.8. The van der Waals surface area contributed by atoms with Crippen molar-refractivity contribution in [2.45, 2.75) is 84.2 Å². The third-order valence-corrected chi connectivity index (χ3v) is 9.93. The predicted octanol–water partition coefficient (Wildman–Crippen LogP) is 6.86. The number of aliphatic hydroxyl groups is 1. The van der Waals surface area contributed by atoms with Gasteiger partial charge in [0.15, 0.2) is 0 Å². The summed E-state index contributed by atoms with van der Waals surface area (Å²) >= 11 is 0. The van der Waals surface area contributed by atoms with Gasteiger partial charge < -0.3 is 10.0 Å². The maximum absolute atomic E-state index is 11.1. The van der Waals surface area contributed by atoms with Gasteiger partial charge in [-0.25, -0.2) is 0 Å². The van der Waals surface area contributed by atoms with Crippen LogP contribution in [-0.4, -0.2) is 25.3 Å². The SMILES string of the molecule is CC#C[C@]1(C(C)O)CC[C@H]2[C@@H]3CCC4=CCCCC4=C3[C@@H](c3ccc(N(C)C)cc3)C[C@@]21C. The quantitative estimate of drug-likeness (QED) is 0.516. The van der Waals surface area contributed by atoms with Crippen molar-refractivity contribution < 1.29 is 5.11 Å². The summed E-state index contributed by atoms with van der Waals surface area (Å²) < 4.78 is 0. The molecule has 0 amide bonds. The molecule has 176 valence electrons. The fourth-order valence-electron chi connectivity index (χ4n) is 8.35. The van der Waals surface area contributed by atoms with Crippen LogP contribution in [0.3, 0.4) is 0 Å². The summed E-state index contributed by atoms with van der Waals surface area (Å²) in [7, 11) is 4.22. The Kier molecular flexibility index (Phi) is 5.77. The van der Waals surface area contributed by atoms with E-state index < -0.39 is 6.10 Å². The summed E-state index contributed by atoms with van der Waals surface area (Å²) in [5, 5.41) is 11.1. The van der Waals surface area contributed by atoms with Crippen LogP contribution in [0.15, 0.2) is 47.1 Å². The minimum atomic E-state index is -0.403. The van der Waals surface area contributed by atoms with Crippen LogP contribution < -0.4 is 4.90 Å². The summed E-state index contributed by atoms with van der Waals surface area (Å²) in [4.78, 5) is 2.18. The normalized spacial score (nSPS) is 36.1. The predicted molar refractivity (Wildman–Crippen MR) is 138 cm³/mol. The molecule has 4 aliphatic rings. The summed E-state index contributed by atoms with van der Waals surface area (Å²) in [5.74, 6) is 8.54. The van der Waals surface area contributed by atoms with Gasteiger partial charge in [-0.15, -0.1) is 5.92 Å². The van der Waals surface area contributed by atoms with Gasteiger partial charge in [0.2, 0.25) is 0 Å². The number of benzene rings is 1. The summed E-state index contributed by atoms with van der Waals surface area (Å²) in [6.07, 6.45) is 11.8. The van der Waals surface area contributed by atoms with Crippen LogP contribution >= 0.6 is 0 Å². The molecule has 1 aromatic carbocycles. The molecule has 0 bridgehead atoms. The van der Waals surface area contributed by atoms with E-state index in [4.69, 9.17) is 0 Å². The number of nitrogens with zero attached hydrogens (tertiary/aromatic N) is 1. The highest BCUT2D eigenvalue weighted by Gasteiger charge is 2.64. The molecule has 2 heteroatoms. The largest absolute Gasteiger partial charge is 0.392 e. The lowest BCUT2D eigenvalue weighted by Crippen LogP contribution is -2.51. The lowest BCUT2D eigenvalue weighted by molar-refractivity contribution is -0.0427. The van der Waals surface area contributed by atoms with Crippen molar-refractivity contribution in [2.24, 2.45) is 22.7 Å². The second-order valence-electron chi connectivity index (χ2n) is 11.5. The first-order valence-electron chi connectivity index (χ1n) is 13.1. The molecule has 2 fully saturated rings. The molecule has 0 radical (unpaired) electrons. The van der Waals surface area contributed by atoms with Gasteiger partial charge in [0.1, 0.15) is 0 Å². The average Bonchev–Trinajstić information content (AvgIpc) is 3.11. The molecule has 33 heavy (non-hydrogen) atoms. The summed E-state index contributed by atoms with van der Waals surface area (Å²) in [6, 6.07) is 9.32. The lowest BCUT2D eigenvalue weighted by Gasteiger charge is -2.56. The molecular formula is C31H41NO. The molecule has 0 aliphatic heterocycles. The highest BCUT2D eigenvalue weighted by molar-refractivity contribution is 5.52. The van der Waals surface area contributed by atoms with Crippen molar-refractivity contribution >= 4 is 5.69 Å². The highest BCUT2D eigenvalue weighted by atomic mass is 16.3. The molecule has 0 aromatic heterocycles. The Balaban J connectivity index is 1.68. The molecule has 5 rings (SSSR count). The minimum absolute atomic E-state index is 0.0275. The Morgan fingerprint density at radius 2 is 1.88 bits per heavy atom. The molecule has 1 N–H and O–H groups in total. The average molecular weight is 444 g/mol. The van der Waals surface area contributed by atoms with Crippen LogP contribution in [0.5, 0.6) is 0 Å². The van der Waals surface area contributed by atoms with Crippen LogP contribution in [0.2, 0.25) is 0 Å². The van der Waals surface area contributed by atoms with Crippen molar-refractivity contribution in [3.8, 4) is 11.8 Å². The summed E-state index contributed by atoms with van der Waals surface area (Å²) in [6.45, 7) is 6.43. The van der Waals surface area contributed by atoms with Crippen molar-refractivity contribution in [2.75, 3.05) is 19.0 Å². The van der Waals surface area contributed by atoms with E-state index in [1.54, 1.807) is 16.7 Å². The Bertz CT molecular complexity index is 1030. The van der Waals surface area contributed by atoms with Crippen molar-refractivity contribution in [1.29, 1.82) is 0 Å². The Labute approximate surface area is 201 Å². The van der Waals surface area contributed by atoms with Crippen LogP contribution in [0.4, 0.5) is 5.69 Å². The molecule has 0 saturated heterocycles. The number of hydrogen-bond acceptors (Lipinski definition) is 2. The zero-order valence-electron chi connectivity index (χ0n) is 21.2. The van der Waals surface area contributed by atoms with Crippen LogP contribution in [-0.2, 0) is 0 Å². The van der Waals surface area contributed by atoms with Gasteiger partial charge in [0.05, 0.1) is 11.5 Å². The number of fused-ring (bicyclic) bond motifs is 4. The number of aliphatic hydroxyl groups excluding tert-OH is 1. The smallest absolute Gasteiger partial charge is 0.0683 e. The fraction of sp³-hybridized carbons (Fsp3) is 0.613. The van der Waals surface area contributed by atoms with Gasteiger partial charge in [0, 0.05) is 25.7 Å². The second-order valence-corrected chi connectivity index (χ2v) is 11.5. The van der Waals surface area contributed by atoms with Gasteiger partial charge in [-0.3, -0.25) is 0 Å². The van der Waals surface area contributed by atoms with Crippen molar-refractivity contribution in [1.82, 2.24) is 0 Å². The maximum atomic E-state index is 11.1. The molecule has 2 saturated carbocycles. The standard InChI is InChI=1S/C31H41NO/c1-6-18-31(21(2)33)19-17-28-26-16-13-22-9-7-8-10-25(22)29(26)27(20-30(28,31)3)23-11-14-24(15-12-23)32(4)5/h9,11-12,14-15,21,26-28,33H,7-8,10,13,16-17,19-20H2,1-5H3/t21?,26-,27+,28-,30-,31+/m0/s1. The molecular weight excluding hydrogens is 402 g/mol. The van der Waals surface area contributed by atoms with E-state index in [9.17, 15) is 5.11 Å². The van der Waals surface area contributed by atoms with Gasteiger partial charge in [-0.2, -0.15) is 0 Å². The third kappa shape index (κ3) is 3.34. The first-order valence-corrected chi connectivity index (χ1v) is 13.1. The molecule has 1 unspecified atom stereocenters. The second kappa shape index (κ2) is 8.35. The third-order valence-electron chi connectivity index (χ3n) is 9.93. The monoisotopic (exact) mass is 443 g/mol. The lowest BCUT2D eigenvalue weighted by atomic mass is 9.48. The van der Waals surface area contributed by atoms with E-state index in [-0.39, 0.29) is 10.8 Å². The number of anilines is 1. The molecule has 4 aliphatic carbocycles. The minimum Gasteiger partial charge on any atom is -0.392 e. The molecule has 2 nitrogen and oxygen atoms in total. The van der Waals surface area contributed by atoms with Crippen LogP contribution in [0, 0.1) is 34.5 Å². The van der Waals surface area contributed by atoms with Gasteiger partial charge in [0.25, 0.3) is 0 Å². The van der Waals surface area contributed by atoms with E-state index in [1.807, 2.05) is 13.8 Å². The van der Waals surface area contributed by atoms with E-state index in [1.165, 1.54) is 49.8 Å². The van der Waals surface area contributed by atoms with Gasteiger partial charge in [-0.05, 0) is 111 Å². The highest BCUT2D eigenvalue weighted by Crippen LogP contribution is 2.70. The van der Waals surface area contributed by atoms with E-state index in [2.05, 4.69) is 68.1 Å². The van der Waals surface area contributed by atoms with Gasteiger partial charge in [-0.1, -0.05) is 36.6 Å². The van der Waals surface area contributed by atoms with Crippen molar-refractivity contribution in [3.63, 3.8) is 0 Å². The number of hydrogen-bond donors (Lipinski definition) is 1. The Hall–Kier alpha value is -1.98. The fourth-order valence-corrected chi connectivity index (χ4v) is 8.35. The Morgan fingerprint density at radius 1 is 1.12 bits per heavy atom. The van der Waals surface area contributed by atoms with E-state index in [0.29, 0.717) is 17.8 Å². The molecule has 0 spiro atoms. The molecule has 1 aromatic rings. The topological polar surface area (TPSA) is 23.5 Å².